The summed E-state index contributed by atoms with van der Waals surface area (Å²) in [5, 5.41) is 5.09. The van der Waals surface area contributed by atoms with E-state index in [1.54, 1.807) is 0 Å². The van der Waals surface area contributed by atoms with Crippen molar-refractivity contribution in [2.45, 2.75) is 20.3 Å². The van der Waals surface area contributed by atoms with Gasteiger partial charge in [0.15, 0.2) is 0 Å². The first-order chi connectivity index (χ1) is 15.8. The molecule has 0 aromatic heterocycles. The Morgan fingerprint density at radius 1 is 0.906 bits per heavy atom. The molecule has 0 saturated carbocycles. The lowest BCUT2D eigenvalue weighted by Crippen LogP contribution is -2.33. The summed E-state index contributed by atoms with van der Waals surface area (Å²) in [5.74, 6) is 0. The average Bonchev–Trinajstić information content (AvgIpc) is 2.83. The van der Waals surface area contributed by atoms with Gasteiger partial charge in [0, 0.05) is 0 Å². The molecule has 1 aliphatic carbocycles. The highest BCUT2D eigenvalue weighted by atomic mass is 14.2. The van der Waals surface area contributed by atoms with Crippen LogP contribution in [-0.4, -0.2) is 0 Å². The first-order valence-corrected chi connectivity index (χ1v) is 11.1. The summed E-state index contributed by atoms with van der Waals surface area (Å²) in [6.07, 6.45) is 15.2. The highest BCUT2D eigenvalue weighted by Gasteiger charge is 2.19. The van der Waals surface area contributed by atoms with Gasteiger partial charge in [-0.3, -0.25) is 0 Å². The Morgan fingerprint density at radius 2 is 1.66 bits per heavy atom. The van der Waals surface area contributed by atoms with Gasteiger partial charge in [0.05, 0.1) is 0 Å². The van der Waals surface area contributed by atoms with Gasteiger partial charge >= 0.3 is 0 Å². The molecule has 0 fully saturated rings. The summed E-state index contributed by atoms with van der Waals surface area (Å²) in [4.78, 5) is 0. The zero-order valence-corrected chi connectivity index (χ0v) is 18.8. The summed E-state index contributed by atoms with van der Waals surface area (Å²) < 4.78 is 0. The molecule has 0 heteroatoms. The Morgan fingerprint density at radius 3 is 2.41 bits per heavy atom. The SMILES string of the molecule is C=C/C=C(\C=C/C)C1=c2ccccc2=C(c2ccc3ccccc3c2)C/C1=C\C=C=CC. The highest BCUT2D eigenvalue weighted by molar-refractivity contribution is 5.91. The summed E-state index contributed by atoms with van der Waals surface area (Å²) in [5.41, 5.74) is 9.56. The largest absolute Gasteiger partial charge is 0.125 e. The first-order valence-electron chi connectivity index (χ1n) is 11.1. The van der Waals surface area contributed by atoms with E-state index in [-0.39, 0.29) is 0 Å². The Labute approximate surface area is 190 Å². The molecule has 3 aromatic carbocycles. The van der Waals surface area contributed by atoms with Crippen LogP contribution in [0.15, 0.2) is 133 Å². The number of fused-ring (bicyclic) bond motifs is 2. The third-order valence-corrected chi connectivity index (χ3v) is 5.79. The van der Waals surface area contributed by atoms with Gasteiger partial charge in [-0.2, -0.15) is 0 Å². The van der Waals surface area contributed by atoms with Crippen LogP contribution in [0.5, 0.6) is 0 Å². The summed E-state index contributed by atoms with van der Waals surface area (Å²) in [6, 6.07) is 24.1. The van der Waals surface area contributed by atoms with Gasteiger partial charge in [-0.05, 0) is 87.6 Å². The van der Waals surface area contributed by atoms with Gasteiger partial charge in [-0.1, -0.05) is 97.6 Å². The fourth-order valence-electron chi connectivity index (χ4n) is 4.40. The van der Waals surface area contributed by atoms with Crippen molar-refractivity contribution in [1.82, 2.24) is 0 Å². The zero-order valence-electron chi connectivity index (χ0n) is 18.8. The molecule has 0 nitrogen and oxygen atoms in total. The molecular formula is C32H28. The monoisotopic (exact) mass is 412 g/mol. The van der Waals surface area contributed by atoms with Crippen LogP contribution in [0.25, 0.3) is 21.9 Å². The molecule has 0 aliphatic heterocycles. The van der Waals surface area contributed by atoms with E-state index in [1.165, 1.54) is 49.1 Å². The lowest BCUT2D eigenvalue weighted by molar-refractivity contribution is 1.22. The minimum absolute atomic E-state index is 0.860. The normalized spacial score (nSPS) is 15.1. The number of hydrogen-bond acceptors (Lipinski definition) is 0. The van der Waals surface area contributed by atoms with Crippen LogP contribution in [0.2, 0.25) is 0 Å². The molecule has 0 radical (unpaired) electrons. The molecule has 0 unspecified atom stereocenters. The van der Waals surface area contributed by atoms with E-state index in [4.69, 9.17) is 0 Å². The van der Waals surface area contributed by atoms with Crippen molar-refractivity contribution >= 4 is 21.9 Å². The minimum atomic E-state index is 0.860. The van der Waals surface area contributed by atoms with Crippen LogP contribution in [0, 0.1) is 0 Å². The van der Waals surface area contributed by atoms with Crippen LogP contribution in [-0.2, 0) is 0 Å². The molecule has 1 aliphatic rings. The lowest BCUT2D eigenvalue weighted by atomic mass is 9.82. The Bertz CT molecular complexity index is 1450. The van der Waals surface area contributed by atoms with Crippen LogP contribution in [0.4, 0.5) is 0 Å². The van der Waals surface area contributed by atoms with E-state index in [1.807, 2.05) is 25.2 Å². The maximum Gasteiger partial charge on any atom is -0.000706 e. The van der Waals surface area contributed by atoms with Crippen molar-refractivity contribution in [3.63, 3.8) is 0 Å². The fraction of sp³-hybridized carbons (Fsp3) is 0.0938. The van der Waals surface area contributed by atoms with Gasteiger partial charge in [0.2, 0.25) is 0 Å². The molecule has 0 spiro atoms. The molecule has 156 valence electrons. The molecule has 0 amide bonds. The van der Waals surface area contributed by atoms with Crippen LogP contribution in [0.3, 0.4) is 0 Å². The number of benzene rings is 3. The number of allylic oxidation sites excluding steroid dienone is 8. The minimum Gasteiger partial charge on any atom is -0.125 e. The second-order valence-corrected chi connectivity index (χ2v) is 7.81. The van der Waals surface area contributed by atoms with E-state index < -0.39 is 0 Å². The summed E-state index contributed by atoms with van der Waals surface area (Å²) in [6.45, 7) is 8.00. The molecule has 0 saturated heterocycles. The Kier molecular flexibility index (Phi) is 6.66. The van der Waals surface area contributed by atoms with Crippen molar-refractivity contribution < 1.29 is 0 Å². The third-order valence-electron chi connectivity index (χ3n) is 5.79. The van der Waals surface area contributed by atoms with Crippen molar-refractivity contribution in [2.75, 3.05) is 0 Å². The van der Waals surface area contributed by atoms with E-state index >= 15 is 0 Å². The lowest BCUT2D eigenvalue weighted by Gasteiger charge is -2.22. The van der Waals surface area contributed by atoms with Gasteiger partial charge in [0.1, 0.15) is 0 Å². The van der Waals surface area contributed by atoms with Gasteiger partial charge in [-0.15, -0.1) is 5.73 Å². The van der Waals surface area contributed by atoms with Gasteiger partial charge in [-0.25, -0.2) is 0 Å². The Hall–Kier alpha value is -3.86. The van der Waals surface area contributed by atoms with Crippen LogP contribution in [0.1, 0.15) is 25.8 Å². The topological polar surface area (TPSA) is 0 Å². The van der Waals surface area contributed by atoms with Crippen molar-refractivity contribution in [1.29, 1.82) is 0 Å². The summed E-state index contributed by atoms with van der Waals surface area (Å²) >= 11 is 0. The molecule has 0 atom stereocenters. The predicted molar refractivity (Wildman–Crippen MR) is 140 cm³/mol. The molecular weight excluding hydrogens is 384 g/mol. The van der Waals surface area contributed by atoms with Crippen molar-refractivity contribution in [3.8, 4) is 0 Å². The predicted octanol–water partition coefficient (Wildman–Crippen LogP) is 6.94. The smallest absolute Gasteiger partial charge is 0.000706 e. The van der Waals surface area contributed by atoms with E-state index in [0.29, 0.717) is 0 Å². The van der Waals surface area contributed by atoms with E-state index in [0.717, 1.165) is 6.42 Å². The van der Waals surface area contributed by atoms with Crippen molar-refractivity contribution in [3.05, 3.63) is 149 Å². The average molecular weight is 413 g/mol. The zero-order chi connectivity index (χ0) is 22.3. The van der Waals surface area contributed by atoms with E-state index in [2.05, 4.69) is 110 Å². The molecule has 0 heterocycles. The maximum atomic E-state index is 3.95. The highest BCUT2D eigenvalue weighted by Crippen LogP contribution is 2.32. The molecule has 4 rings (SSSR count). The first kappa shape index (κ1) is 21.4. The summed E-state index contributed by atoms with van der Waals surface area (Å²) in [7, 11) is 0. The third kappa shape index (κ3) is 4.28. The Balaban J connectivity index is 2.10. The van der Waals surface area contributed by atoms with Crippen molar-refractivity contribution in [2.24, 2.45) is 0 Å². The van der Waals surface area contributed by atoms with Gasteiger partial charge < -0.3 is 0 Å². The molecule has 0 bridgehead atoms. The van der Waals surface area contributed by atoms with Crippen LogP contribution < -0.4 is 10.4 Å². The van der Waals surface area contributed by atoms with Crippen LogP contribution >= 0.6 is 0 Å². The molecule has 3 aromatic rings. The van der Waals surface area contributed by atoms with Gasteiger partial charge in [0.25, 0.3) is 0 Å². The van der Waals surface area contributed by atoms with E-state index in [9.17, 15) is 0 Å². The number of hydrogen-bond donors (Lipinski definition) is 0. The number of rotatable bonds is 5. The second-order valence-electron chi connectivity index (χ2n) is 7.81. The fourth-order valence-corrected chi connectivity index (χ4v) is 4.40. The molecule has 0 N–H and O–H groups in total. The standard InChI is InChI=1S/C32H28/c1-4-7-8-17-28-23-31(27-21-20-24-15-9-10-16-26(24)22-27)29-18-11-12-19-30(29)32(28)25(13-5-2)14-6-3/h4-6,8-22H,2,23H2,1,3H3/b14-6-,25-13+,28-17+. The quantitative estimate of drug-likeness (QED) is 0.314. The second kappa shape index (κ2) is 9.96. The maximum absolute atomic E-state index is 3.95. The molecule has 32 heavy (non-hydrogen) atoms.